The van der Waals surface area contributed by atoms with Gasteiger partial charge >= 0.3 is 0 Å². The molecule has 1 saturated heterocycles. The molecule has 4 heteroatoms. The summed E-state index contributed by atoms with van der Waals surface area (Å²) in [5, 5.41) is 22.7. The Balaban J connectivity index is 1.76. The van der Waals surface area contributed by atoms with E-state index in [1.165, 1.54) is 0 Å². The van der Waals surface area contributed by atoms with Gasteiger partial charge in [0.15, 0.2) is 5.79 Å². The molecule has 2 spiro atoms. The predicted octanol–water partition coefficient (Wildman–Crippen LogP) is 3.02. The summed E-state index contributed by atoms with van der Waals surface area (Å²) in [4.78, 5) is 0. The fourth-order valence-corrected chi connectivity index (χ4v) is 8.70. The van der Waals surface area contributed by atoms with Crippen molar-refractivity contribution in [2.75, 3.05) is 13.7 Å². The van der Waals surface area contributed by atoms with Crippen molar-refractivity contribution in [3.05, 3.63) is 12.2 Å². The fraction of sp³-hybridized carbons (Fsp3) is 0.905. The maximum atomic E-state index is 11.5. The van der Waals surface area contributed by atoms with E-state index in [-0.39, 0.29) is 28.3 Å². The van der Waals surface area contributed by atoms with E-state index >= 15 is 0 Å². The van der Waals surface area contributed by atoms with Gasteiger partial charge in [-0.25, -0.2) is 0 Å². The smallest absolute Gasteiger partial charge is 0.180 e. The van der Waals surface area contributed by atoms with Gasteiger partial charge in [-0.2, -0.15) is 0 Å². The van der Waals surface area contributed by atoms with Gasteiger partial charge in [-0.15, -0.1) is 0 Å². The summed E-state index contributed by atoms with van der Waals surface area (Å²) in [6, 6.07) is 0. The number of rotatable bonds is 2. The van der Waals surface area contributed by atoms with Crippen LogP contribution in [-0.4, -0.2) is 41.4 Å². The summed E-state index contributed by atoms with van der Waals surface area (Å²) in [7, 11) is 1.76. The van der Waals surface area contributed by atoms with Gasteiger partial charge in [0.05, 0.1) is 18.3 Å². The lowest BCUT2D eigenvalue weighted by Gasteiger charge is -2.63. The third-order valence-corrected chi connectivity index (χ3v) is 9.84. The number of methoxy groups -OCH3 is 1. The van der Waals surface area contributed by atoms with Crippen molar-refractivity contribution in [1.82, 2.24) is 0 Å². The van der Waals surface area contributed by atoms with Crippen LogP contribution in [0, 0.1) is 28.1 Å². The fourth-order valence-electron chi connectivity index (χ4n) is 8.70. The first-order valence-electron chi connectivity index (χ1n) is 10.00. The van der Waals surface area contributed by atoms with Crippen molar-refractivity contribution in [3.8, 4) is 0 Å². The van der Waals surface area contributed by atoms with Gasteiger partial charge in [0.25, 0.3) is 0 Å². The molecule has 4 aliphatic carbocycles. The highest BCUT2D eigenvalue weighted by molar-refractivity contribution is 5.34. The van der Waals surface area contributed by atoms with E-state index < -0.39 is 11.4 Å². The Morgan fingerprint density at radius 1 is 1.20 bits per heavy atom. The molecule has 8 atom stereocenters. The average Bonchev–Trinajstić information content (AvgIpc) is 3.14. The minimum Gasteiger partial charge on any atom is -0.393 e. The van der Waals surface area contributed by atoms with Crippen molar-refractivity contribution in [2.24, 2.45) is 28.1 Å². The Labute approximate surface area is 150 Å². The Hall–Kier alpha value is -0.420. The highest BCUT2D eigenvalue weighted by atomic mass is 16.7. The second-order valence-electron chi connectivity index (χ2n) is 9.93. The van der Waals surface area contributed by atoms with Crippen LogP contribution in [0.25, 0.3) is 0 Å². The van der Waals surface area contributed by atoms with E-state index in [1.807, 2.05) is 6.92 Å². The predicted molar refractivity (Wildman–Crippen MR) is 93.7 cm³/mol. The third kappa shape index (κ3) is 1.37. The molecule has 2 bridgehead atoms. The molecule has 2 N–H and O–H groups in total. The van der Waals surface area contributed by atoms with Crippen LogP contribution in [0.4, 0.5) is 0 Å². The molecule has 1 heterocycles. The maximum absolute atomic E-state index is 11.5. The molecule has 5 rings (SSSR count). The van der Waals surface area contributed by atoms with Crippen molar-refractivity contribution < 1.29 is 19.7 Å². The normalized spacial score (nSPS) is 61.9. The summed E-state index contributed by atoms with van der Waals surface area (Å²) in [6.45, 7) is 9.00. The quantitative estimate of drug-likeness (QED) is 0.753. The molecule has 0 amide bonds. The van der Waals surface area contributed by atoms with Crippen molar-refractivity contribution in [2.45, 2.75) is 76.3 Å². The number of ether oxygens (including phenoxy) is 2. The van der Waals surface area contributed by atoms with Crippen molar-refractivity contribution in [3.63, 3.8) is 0 Å². The third-order valence-electron chi connectivity index (χ3n) is 9.84. The highest BCUT2D eigenvalue weighted by Gasteiger charge is 2.87. The Morgan fingerprint density at radius 3 is 2.64 bits per heavy atom. The molecule has 0 aromatic rings. The summed E-state index contributed by atoms with van der Waals surface area (Å²) in [5.41, 5.74) is -0.307. The van der Waals surface area contributed by atoms with E-state index in [0.717, 1.165) is 50.5 Å². The molecule has 5 aliphatic rings. The zero-order chi connectivity index (χ0) is 17.9. The van der Waals surface area contributed by atoms with Crippen LogP contribution >= 0.6 is 0 Å². The van der Waals surface area contributed by atoms with E-state index in [2.05, 4.69) is 13.5 Å². The summed E-state index contributed by atoms with van der Waals surface area (Å²) < 4.78 is 12.9. The molecule has 140 valence electrons. The molecule has 5 fully saturated rings. The minimum atomic E-state index is -0.926. The van der Waals surface area contributed by atoms with Crippen LogP contribution in [0.2, 0.25) is 0 Å². The lowest BCUT2D eigenvalue weighted by Crippen LogP contribution is -2.68. The topological polar surface area (TPSA) is 58.9 Å². The highest BCUT2D eigenvalue weighted by Crippen LogP contribution is 2.84. The Morgan fingerprint density at radius 2 is 1.96 bits per heavy atom. The van der Waals surface area contributed by atoms with Crippen LogP contribution < -0.4 is 0 Å². The van der Waals surface area contributed by atoms with Gasteiger partial charge in [0.2, 0.25) is 0 Å². The molecule has 0 aromatic carbocycles. The van der Waals surface area contributed by atoms with Crippen LogP contribution in [0.1, 0.15) is 58.8 Å². The number of hydrogen-bond acceptors (Lipinski definition) is 4. The number of hydrogen-bond donors (Lipinski definition) is 2. The summed E-state index contributed by atoms with van der Waals surface area (Å²) in [6.07, 6.45) is 6.39. The first-order chi connectivity index (χ1) is 11.7. The molecular formula is C21H32O4. The first-order valence-corrected chi connectivity index (χ1v) is 10.00. The largest absolute Gasteiger partial charge is 0.393 e. The molecule has 4 nitrogen and oxygen atoms in total. The van der Waals surface area contributed by atoms with Gasteiger partial charge in [0.1, 0.15) is 0 Å². The van der Waals surface area contributed by atoms with Gasteiger partial charge in [0, 0.05) is 29.3 Å². The molecule has 0 unspecified atom stereocenters. The molecule has 0 radical (unpaired) electrons. The van der Waals surface area contributed by atoms with E-state index in [0.29, 0.717) is 12.5 Å². The molecule has 25 heavy (non-hydrogen) atoms. The van der Waals surface area contributed by atoms with E-state index in [4.69, 9.17) is 9.47 Å². The SMILES string of the molecule is C=C(C)[C@]1(O)CC[C@]23[C@@H]4C[C@H]1[C@@]2(OC)OC[C@]31CCC[C@@]1(C)[C@@H](O)C4. The zero-order valence-electron chi connectivity index (χ0n) is 15.8. The average molecular weight is 348 g/mol. The standard InChI is InChI=1S/C21H32O4/c1-13(2)19(23)8-9-20-14-10-15(19)21(20,24-4)25-12-18(20)7-5-6-17(18,3)16(22)11-14/h14-16,22-23H,1,5-12H2,2-4H3/t14-,15-,16+,17+,18+,19-,20-,21-/m1/s1. The van der Waals surface area contributed by atoms with Crippen molar-refractivity contribution in [1.29, 1.82) is 0 Å². The van der Waals surface area contributed by atoms with Crippen LogP contribution in [0.3, 0.4) is 0 Å². The summed E-state index contributed by atoms with van der Waals surface area (Å²) in [5.74, 6) is -0.458. The maximum Gasteiger partial charge on any atom is 0.180 e. The Kier molecular flexibility index (Phi) is 3.02. The zero-order valence-corrected chi connectivity index (χ0v) is 15.8. The van der Waals surface area contributed by atoms with E-state index in [1.54, 1.807) is 7.11 Å². The van der Waals surface area contributed by atoms with Gasteiger partial charge in [-0.05, 0) is 56.9 Å². The monoisotopic (exact) mass is 348 g/mol. The lowest BCUT2D eigenvalue weighted by molar-refractivity contribution is -0.316. The van der Waals surface area contributed by atoms with Gasteiger partial charge < -0.3 is 19.7 Å². The van der Waals surface area contributed by atoms with Crippen LogP contribution in [0.5, 0.6) is 0 Å². The number of aliphatic hydroxyl groups is 2. The second-order valence-corrected chi connectivity index (χ2v) is 9.93. The number of aliphatic hydroxyl groups excluding tert-OH is 1. The minimum absolute atomic E-state index is 0.0243. The van der Waals surface area contributed by atoms with Gasteiger partial charge in [-0.1, -0.05) is 19.9 Å². The molecular weight excluding hydrogens is 316 g/mol. The molecule has 4 saturated carbocycles. The van der Waals surface area contributed by atoms with Crippen molar-refractivity contribution >= 4 is 0 Å². The van der Waals surface area contributed by atoms with Gasteiger partial charge in [-0.3, -0.25) is 0 Å². The molecule has 1 aliphatic heterocycles. The second kappa shape index (κ2) is 4.52. The van der Waals surface area contributed by atoms with Crippen LogP contribution in [0.15, 0.2) is 12.2 Å². The molecule has 0 aromatic heterocycles. The lowest BCUT2D eigenvalue weighted by atomic mass is 9.41. The first kappa shape index (κ1) is 16.7. The van der Waals surface area contributed by atoms with E-state index in [9.17, 15) is 10.2 Å². The Bertz CT molecular complexity index is 648. The summed E-state index contributed by atoms with van der Waals surface area (Å²) >= 11 is 0. The van der Waals surface area contributed by atoms with Crippen LogP contribution in [-0.2, 0) is 9.47 Å².